The van der Waals surface area contributed by atoms with Gasteiger partial charge in [-0.05, 0) is 18.6 Å². The Balaban J connectivity index is 0.00000103. The number of hydrogen-bond donors (Lipinski definition) is 1. The van der Waals surface area contributed by atoms with Crippen molar-refractivity contribution in [2.24, 2.45) is 0 Å². The minimum absolute atomic E-state index is 0. The normalized spacial score (nSPS) is 9.33. The topological polar surface area (TPSA) is 37.8 Å². The Hall–Kier alpha value is -1.97. The van der Waals surface area contributed by atoms with E-state index in [-0.39, 0.29) is 7.24 Å². The van der Waals surface area contributed by atoms with Crippen molar-refractivity contribution in [3.05, 3.63) is 53.6 Å². The second kappa shape index (κ2) is 7.37. The lowest BCUT2D eigenvalue weighted by atomic mass is 10.2. The van der Waals surface area contributed by atoms with Gasteiger partial charge in [-0.1, -0.05) is 32.0 Å². The van der Waals surface area contributed by atoms with Crippen LogP contribution in [0.2, 0.25) is 0 Å². The summed E-state index contributed by atoms with van der Waals surface area (Å²) in [5.41, 5.74) is 1.60. The zero-order chi connectivity index (χ0) is 13.4. The van der Waals surface area contributed by atoms with E-state index in [9.17, 15) is 4.39 Å². The Morgan fingerprint density at radius 3 is 2.39 bits per heavy atom. The third kappa shape index (κ3) is 4.13. The van der Waals surface area contributed by atoms with E-state index in [2.05, 4.69) is 15.3 Å². The maximum atomic E-state index is 13.3. The fraction of sp³-hybridized carbons (Fsp3) is 0.286. The lowest BCUT2D eigenvalue weighted by Crippen LogP contribution is -2.04. The van der Waals surface area contributed by atoms with Gasteiger partial charge in [0.15, 0.2) is 0 Å². The van der Waals surface area contributed by atoms with E-state index in [0.717, 1.165) is 5.56 Å². The third-order valence-corrected chi connectivity index (χ3v) is 2.18. The Morgan fingerprint density at radius 2 is 1.78 bits per heavy atom. The fourth-order valence-corrected chi connectivity index (χ4v) is 1.30. The van der Waals surface area contributed by atoms with Crippen molar-refractivity contribution in [1.82, 2.24) is 9.97 Å². The number of rotatable bonds is 3. The monoisotopic (exact) mass is 249 g/mol. The maximum Gasteiger partial charge on any atom is 0.222 e. The number of anilines is 1. The van der Waals surface area contributed by atoms with Gasteiger partial charge in [0.05, 0.1) is 0 Å². The van der Waals surface area contributed by atoms with Gasteiger partial charge in [-0.2, -0.15) is 0 Å². The number of nitrogens with one attached hydrogen (secondary N) is 1. The number of hydrogen-bond acceptors (Lipinski definition) is 3. The first-order valence-corrected chi connectivity index (χ1v) is 6.01. The first-order chi connectivity index (χ1) is 8.75. The summed E-state index contributed by atoms with van der Waals surface area (Å²) in [5.74, 6) is 0.288. The molecule has 0 aliphatic carbocycles. The molecule has 0 radical (unpaired) electrons. The molecular formula is C14H20FN3. The largest absolute Gasteiger partial charge is 0.350 e. The third-order valence-electron chi connectivity index (χ3n) is 2.18. The molecule has 3 nitrogen and oxygen atoms in total. The molecule has 1 aromatic carbocycles. The molecule has 0 aliphatic heterocycles. The molecule has 0 saturated heterocycles. The van der Waals surface area contributed by atoms with E-state index in [0.29, 0.717) is 18.1 Å². The van der Waals surface area contributed by atoms with Gasteiger partial charge in [-0.25, -0.2) is 14.4 Å². The molecule has 2 aromatic rings. The van der Waals surface area contributed by atoms with E-state index in [1.807, 2.05) is 20.8 Å². The molecule has 98 valence electrons. The highest BCUT2D eigenvalue weighted by Crippen LogP contribution is 2.08. The van der Waals surface area contributed by atoms with Gasteiger partial charge in [0.25, 0.3) is 0 Å². The molecule has 1 N–H and O–H groups in total. The molecule has 0 fully saturated rings. The number of aromatic nitrogens is 2. The van der Waals surface area contributed by atoms with Gasteiger partial charge >= 0.3 is 0 Å². The molecule has 0 unspecified atom stereocenters. The van der Waals surface area contributed by atoms with E-state index >= 15 is 0 Å². The summed E-state index contributed by atoms with van der Waals surface area (Å²) in [5, 5.41) is 2.97. The van der Waals surface area contributed by atoms with E-state index in [1.54, 1.807) is 30.6 Å². The van der Waals surface area contributed by atoms with Crippen LogP contribution >= 0.6 is 0 Å². The molecule has 0 spiro atoms. The number of benzene rings is 1. The molecule has 0 amide bonds. The predicted molar refractivity (Wildman–Crippen MR) is 74.0 cm³/mol. The second-order valence-electron chi connectivity index (χ2n) is 3.53. The fourth-order valence-electron chi connectivity index (χ4n) is 1.30. The van der Waals surface area contributed by atoms with Gasteiger partial charge in [-0.3, -0.25) is 0 Å². The van der Waals surface area contributed by atoms with Crippen LogP contribution in [0.15, 0.2) is 36.7 Å². The quantitative estimate of drug-likeness (QED) is 0.898. The van der Waals surface area contributed by atoms with E-state index in [1.165, 1.54) is 6.07 Å². The zero-order valence-corrected chi connectivity index (χ0v) is 10.9. The van der Waals surface area contributed by atoms with Crippen LogP contribution in [0.5, 0.6) is 0 Å². The Morgan fingerprint density at radius 1 is 1.17 bits per heavy atom. The average molecular weight is 249 g/mol. The highest BCUT2D eigenvalue weighted by molar-refractivity contribution is 5.28. The lowest BCUT2D eigenvalue weighted by molar-refractivity contribution is 0.612. The molecule has 4 heteroatoms. The molecular weight excluding hydrogens is 229 g/mol. The van der Waals surface area contributed by atoms with Crippen LogP contribution < -0.4 is 5.32 Å². The minimum Gasteiger partial charge on any atom is -0.350 e. The second-order valence-corrected chi connectivity index (χ2v) is 3.53. The van der Waals surface area contributed by atoms with Crippen molar-refractivity contribution in [3.63, 3.8) is 0 Å². The van der Waals surface area contributed by atoms with Crippen LogP contribution in [0.4, 0.5) is 10.3 Å². The SMILES string of the molecule is CC.Cc1cnc(NCc2ccccc2F)nc1.[HH]. The van der Waals surface area contributed by atoms with E-state index in [4.69, 9.17) is 0 Å². The van der Waals surface area contributed by atoms with Gasteiger partial charge < -0.3 is 5.32 Å². The Labute approximate surface area is 109 Å². The van der Waals surface area contributed by atoms with Crippen LogP contribution in [0, 0.1) is 12.7 Å². The van der Waals surface area contributed by atoms with Crippen LogP contribution in [0.1, 0.15) is 26.4 Å². The van der Waals surface area contributed by atoms with Crippen molar-refractivity contribution in [2.75, 3.05) is 5.32 Å². The minimum atomic E-state index is -0.220. The van der Waals surface area contributed by atoms with Crippen molar-refractivity contribution < 1.29 is 5.82 Å². The van der Waals surface area contributed by atoms with Crippen LogP contribution in [0.25, 0.3) is 0 Å². The molecule has 0 atom stereocenters. The molecule has 0 saturated carbocycles. The molecule has 0 bridgehead atoms. The first kappa shape index (κ1) is 14.1. The summed E-state index contributed by atoms with van der Waals surface area (Å²) >= 11 is 0. The lowest BCUT2D eigenvalue weighted by Gasteiger charge is -2.05. The van der Waals surface area contributed by atoms with Gasteiger partial charge in [-0.15, -0.1) is 0 Å². The van der Waals surface area contributed by atoms with Gasteiger partial charge in [0.1, 0.15) is 5.82 Å². The number of nitrogens with zero attached hydrogens (tertiary/aromatic N) is 2. The number of halogens is 1. The summed E-state index contributed by atoms with van der Waals surface area (Å²) in [7, 11) is 0. The summed E-state index contributed by atoms with van der Waals surface area (Å²) in [4.78, 5) is 8.16. The Bertz CT molecular complexity index is 474. The molecule has 0 aliphatic rings. The molecule has 2 rings (SSSR count). The van der Waals surface area contributed by atoms with Crippen LogP contribution in [-0.2, 0) is 6.54 Å². The van der Waals surface area contributed by atoms with Crippen molar-refractivity contribution in [3.8, 4) is 0 Å². The van der Waals surface area contributed by atoms with Crippen molar-refractivity contribution >= 4 is 5.95 Å². The van der Waals surface area contributed by atoms with Gasteiger partial charge in [0, 0.05) is 25.9 Å². The summed E-state index contributed by atoms with van der Waals surface area (Å²) in [6.45, 7) is 6.30. The smallest absolute Gasteiger partial charge is 0.222 e. The predicted octanol–water partition coefficient (Wildman–Crippen LogP) is 3.81. The highest BCUT2D eigenvalue weighted by atomic mass is 19.1. The van der Waals surface area contributed by atoms with Crippen LogP contribution in [-0.4, -0.2) is 9.97 Å². The van der Waals surface area contributed by atoms with Crippen LogP contribution in [0.3, 0.4) is 0 Å². The Kier molecular flexibility index (Phi) is 5.77. The van der Waals surface area contributed by atoms with Gasteiger partial charge in [0.2, 0.25) is 5.95 Å². The average Bonchev–Trinajstić information content (AvgIpc) is 2.42. The molecule has 18 heavy (non-hydrogen) atoms. The maximum absolute atomic E-state index is 13.3. The zero-order valence-electron chi connectivity index (χ0n) is 10.9. The molecule has 1 heterocycles. The summed E-state index contributed by atoms with van der Waals surface area (Å²) in [6, 6.07) is 6.64. The first-order valence-electron chi connectivity index (χ1n) is 6.01. The summed E-state index contributed by atoms with van der Waals surface area (Å²) < 4.78 is 13.3. The summed E-state index contributed by atoms with van der Waals surface area (Å²) in [6.07, 6.45) is 3.44. The number of aryl methyl sites for hydroxylation is 1. The van der Waals surface area contributed by atoms with E-state index < -0.39 is 0 Å². The van der Waals surface area contributed by atoms with Crippen molar-refractivity contribution in [1.29, 1.82) is 0 Å². The standard InChI is InChI=1S/C12H12FN3.C2H6.H2/c1-9-6-14-12(15-7-9)16-8-10-4-2-3-5-11(10)13;1-2;/h2-7H,8H2,1H3,(H,14,15,16);1-2H3;1H. The van der Waals surface area contributed by atoms with Crippen molar-refractivity contribution in [2.45, 2.75) is 27.3 Å². The molecule has 1 aromatic heterocycles. The highest BCUT2D eigenvalue weighted by Gasteiger charge is 2.00.